The molecule has 23 heavy (non-hydrogen) atoms. The van der Waals surface area contributed by atoms with Gasteiger partial charge in [-0.1, -0.05) is 6.07 Å². The fourth-order valence-corrected chi connectivity index (χ4v) is 3.63. The van der Waals surface area contributed by atoms with Gasteiger partial charge in [0.05, 0.1) is 0 Å². The number of ether oxygens (including phenoxy) is 2. The molecule has 0 bridgehead atoms. The normalized spacial score (nSPS) is 28.5. The number of amides is 1. The molecule has 2 heterocycles. The molecule has 1 saturated carbocycles. The maximum absolute atomic E-state index is 12.6. The van der Waals surface area contributed by atoms with Gasteiger partial charge in [-0.15, -0.1) is 0 Å². The number of nitrogens with zero attached hydrogens (tertiary/aromatic N) is 1. The van der Waals surface area contributed by atoms with Crippen molar-refractivity contribution in [1.82, 2.24) is 4.90 Å². The van der Waals surface area contributed by atoms with Crippen molar-refractivity contribution in [3.63, 3.8) is 0 Å². The summed E-state index contributed by atoms with van der Waals surface area (Å²) in [5, 5.41) is 9.23. The van der Waals surface area contributed by atoms with Crippen molar-refractivity contribution in [2.75, 3.05) is 19.8 Å². The second kappa shape index (κ2) is 5.44. The van der Waals surface area contributed by atoms with Crippen molar-refractivity contribution in [3.05, 3.63) is 23.8 Å². The Labute approximate surface area is 134 Å². The first-order valence-corrected chi connectivity index (χ1v) is 8.08. The molecule has 1 amide bonds. The van der Waals surface area contributed by atoms with Gasteiger partial charge in [0, 0.05) is 12.5 Å². The van der Waals surface area contributed by atoms with Crippen molar-refractivity contribution < 1.29 is 24.2 Å². The zero-order valence-electron chi connectivity index (χ0n) is 12.7. The summed E-state index contributed by atoms with van der Waals surface area (Å²) < 4.78 is 11.1. The standard InChI is InChI=1S/C17H19NO5/c19-16(18-5-1-2-13(18)17(20)21)12-9-11(12)10-3-4-14-15(8-10)23-7-6-22-14/h3-4,8,11-13H,1-2,5-7,9H2,(H,20,21)/t11?,12?,13-/m0/s1. The summed E-state index contributed by atoms with van der Waals surface area (Å²) in [7, 11) is 0. The third kappa shape index (κ3) is 2.52. The lowest BCUT2D eigenvalue weighted by molar-refractivity contribution is -0.148. The van der Waals surface area contributed by atoms with Crippen LogP contribution in [0.2, 0.25) is 0 Å². The van der Waals surface area contributed by atoms with Gasteiger partial charge in [-0.3, -0.25) is 4.79 Å². The first-order valence-electron chi connectivity index (χ1n) is 8.08. The van der Waals surface area contributed by atoms with Crippen molar-refractivity contribution in [2.45, 2.75) is 31.2 Å². The Morgan fingerprint density at radius 2 is 1.96 bits per heavy atom. The van der Waals surface area contributed by atoms with Gasteiger partial charge in [0.2, 0.25) is 5.91 Å². The van der Waals surface area contributed by atoms with Crippen LogP contribution in [0.1, 0.15) is 30.7 Å². The second-order valence-electron chi connectivity index (χ2n) is 6.38. The Kier molecular flexibility index (Phi) is 3.39. The van der Waals surface area contributed by atoms with Gasteiger partial charge in [0.1, 0.15) is 19.3 Å². The molecule has 1 aliphatic carbocycles. The number of carbonyl (C=O) groups excluding carboxylic acids is 1. The molecule has 122 valence electrons. The van der Waals surface area contributed by atoms with Gasteiger partial charge in [0.25, 0.3) is 0 Å². The molecule has 1 N–H and O–H groups in total. The summed E-state index contributed by atoms with van der Waals surface area (Å²) in [6.07, 6.45) is 2.11. The first kappa shape index (κ1) is 14.4. The number of carboxylic acid groups (broad SMARTS) is 1. The average Bonchev–Trinajstić information content (AvgIpc) is 3.21. The van der Waals surface area contributed by atoms with Gasteiger partial charge in [-0.05, 0) is 42.9 Å². The van der Waals surface area contributed by atoms with E-state index in [2.05, 4.69) is 0 Å². The quantitative estimate of drug-likeness (QED) is 0.917. The van der Waals surface area contributed by atoms with Crippen molar-refractivity contribution in [3.8, 4) is 11.5 Å². The van der Waals surface area contributed by atoms with E-state index in [9.17, 15) is 14.7 Å². The second-order valence-corrected chi connectivity index (χ2v) is 6.38. The topological polar surface area (TPSA) is 76.1 Å². The van der Waals surface area contributed by atoms with Crippen LogP contribution in [-0.2, 0) is 9.59 Å². The third-order valence-electron chi connectivity index (χ3n) is 4.92. The minimum absolute atomic E-state index is 0.0187. The zero-order valence-corrected chi connectivity index (χ0v) is 12.7. The van der Waals surface area contributed by atoms with E-state index in [1.165, 1.54) is 0 Å². The van der Waals surface area contributed by atoms with E-state index >= 15 is 0 Å². The van der Waals surface area contributed by atoms with Crippen LogP contribution in [0.5, 0.6) is 11.5 Å². The van der Waals surface area contributed by atoms with Crippen molar-refractivity contribution >= 4 is 11.9 Å². The summed E-state index contributed by atoms with van der Waals surface area (Å²) in [6.45, 7) is 1.65. The summed E-state index contributed by atoms with van der Waals surface area (Å²) in [5.41, 5.74) is 1.07. The number of carbonyl (C=O) groups is 2. The summed E-state index contributed by atoms with van der Waals surface area (Å²) in [5.74, 6) is 0.624. The van der Waals surface area contributed by atoms with Crippen LogP contribution < -0.4 is 9.47 Å². The van der Waals surface area contributed by atoms with E-state index in [1.807, 2.05) is 18.2 Å². The molecule has 1 aromatic rings. The van der Waals surface area contributed by atoms with Gasteiger partial charge < -0.3 is 19.5 Å². The molecule has 0 aromatic heterocycles. The lowest BCUT2D eigenvalue weighted by Gasteiger charge is -2.22. The molecule has 2 fully saturated rings. The largest absolute Gasteiger partial charge is 0.486 e. The lowest BCUT2D eigenvalue weighted by Crippen LogP contribution is -2.41. The molecule has 0 spiro atoms. The van der Waals surface area contributed by atoms with Gasteiger partial charge in [0.15, 0.2) is 11.5 Å². The zero-order chi connectivity index (χ0) is 16.0. The maximum atomic E-state index is 12.6. The summed E-state index contributed by atoms with van der Waals surface area (Å²) in [4.78, 5) is 25.4. The highest BCUT2D eigenvalue weighted by molar-refractivity contribution is 5.88. The number of aliphatic carboxylic acids is 1. The number of hydrogen-bond donors (Lipinski definition) is 1. The fraction of sp³-hybridized carbons (Fsp3) is 0.529. The van der Waals surface area contributed by atoms with E-state index in [1.54, 1.807) is 4.90 Å². The molecule has 2 unspecified atom stereocenters. The van der Waals surface area contributed by atoms with E-state index in [0.29, 0.717) is 26.2 Å². The average molecular weight is 317 g/mol. The SMILES string of the molecule is O=C(O)[C@@H]1CCCN1C(=O)C1CC1c1ccc2c(c1)OCCO2. The van der Waals surface area contributed by atoms with Crippen LogP contribution in [0.25, 0.3) is 0 Å². The van der Waals surface area contributed by atoms with E-state index in [4.69, 9.17) is 9.47 Å². The molecule has 4 rings (SSSR count). The van der Waals surface area contributed by atoms with Gasteiger partial charge in [-0.2, -0.15) is 0 Å². The molecule has 1 aromatic carbocycles. The predicted octanol–water partition coefficient (Wildman–Crippen LogP) is 1.64. The Morgan fingerprint density at radius 3 is 2.74 bits per heavy atom. The molecule has 6 nitrogen and oxygen atoms in total. The highest BCUT2D eigenvalue weighted by Crippen LogP contribution is 2.50. The number of rotatable bonds is 3. The van der Waals surface area contributed by atoms with E-state index in [-0.39, 0.29) is 17.7 Å². The van der Waals surface area contributed by atoms with E-state index in [0.717, 1.165) is 29.9 Å². The van der Waals surface area contributed by atoms with Crippen molar-refractivity contribution in [2.24, 2.45) is 5.92 Å². The number of hydrogen-bond acceptors (Lipinski definition) is 4. The fourth-order valence-electron chi connectivity index (χ4n) is 3.63. The molecule has 2 aliphatic heterocycles. The molecular formula is C17H19NO5. The molecule has 3 aliphatic rings. The maximum Gasteiger partial charge on any atom is 0.326 e. The smallest absolute Gasteiger partial charge is 0.326 e. The molecule has 3 atom stereocenters. The van der Waals surface area contributed by atoms with Crippen molar-refractivity contribution in [1.29, 1.82) is 0 Å². The Balaban J connectivity index is 1.47. The summed E-state index contributed by atoms with van der Waals surface area (Å²) in [6, 6.07) is 5.17. The van der Waals surface area contributed by atoms with Gasteiger partial charge in [-0.25, -0.2) is 4.79 Å². The van der Waals surface area contributed by atoms with Crippen LogP contribution >= 0.6 is 0 Å². The monoisotopic (exact) mass is 317 g/mol. The van der Waals surface area contributed by atoms with Crippen LogP contribution in [0.4, 0.5) is 0 Å². The molecule has 1 saturated heterocycles. The highest BCUT2D eigenvalue weighted by Gasteiger charge is 2.48. The number of likely N-dealkylation sites (tertiary alicyclic amines) is 1. The highest BCUT2D eigenvalue weighted by atomic mass is 16.6. The number of carboxylic acids is 1. The van der Waals surface area contributed by atoms with Gasteiger partial charge >= 0.3 is 5.97 Å². The van der Waals surface area contributed by atoms with Crippen LogP contribution in [0.15, 0.2) is 18.2 Å². The van der Waals surface area contributed by atoms with Crippen LogP contribution in [0.3, 0.4) is 0 Å². The molecule has 6 heteroatoms. The number of fused-ring (bicyclic) bond motifs is 1. The Morgan fingerprint density at radius 1 is 1.17 bits per heavy atom. The van der Waals surface area contributed by atoms with Crippen LogP contribution in [-0.4, -0.2) is 47.7 Å². The van der Waals surface area contributed by atoms with E-state index < -0.39 is 12.0 Å². The lowest BCUT2D eigenvalue weighted by atomic mass is 10.1. The number of benzene rings is 1. The predicted molar refractivity (Wildman–Crippen MR) is 80.7 cm³/mol. The molecular weight excluding hydrogens is 298 g/mol. The third-order valence-corrected chi connectivity index (χ3v) is 4.92. The van der Waals surface area contributed by atoms with Crippen LogP contribution in [0, 0.1) is 5.92 Å². The molecule has 0 radical (unpaired) electrons. The Hall–Kier alpha value is -2.24. The summed E-state index contributed by atoms with van der Waals surface area (Å²) >= 11 is 0. The Bertz CT molecular complexity index is 658. The minimum Gasteiger partial charge on any atom is -0.486 e. The minimum atomic E-state index is -0.896. The first-order chi connectivity index (χ1) is 11.1.